The standard InChI is InChI=1S/C26H30N2O3S/c1-18(2)22-11-13-23(14-12-22)28(32(30,31)24-15-9-19(3)10-16-24)17-25(29)27-26-20(4)7-6-8-21(26)5/h6-16,18H,17H2,1-5H3,(H,27,29). The molecule has 6 heteroatoms. The van der Waals surface area contributed by atoms with Crippen LogP contribution in [0.4, 0.5) is 11.4 Å². The molecule has 0 unspecified atom stereocenters. The highest BCUT2D eigenvalue weighted by Gasteiger charge is 2.27. The Morgan fingerprint density at radius 1 is 0.875 bits per heavy atom. The average molecular weight is 451 g/mol. The number of rotatable bonds is 7. The normalized spacial score (nSPS) is 11.4. The maximum Gasteiger partial charge on any atom is 0.264 e. The highest BCUT2D eigenvalue weighted by Crippen LogP contribution is 2.27. The van der Waals surface area contributed by atoms with Gasteiger partial charge in [-0.25, -0.2) is 8.42 Å². The predicted molar refractivity (Wildman–Crippen MR) is 131 cm³/mol. The molecule has 32 heavy (non-hydrogen) atoms. The van der Waals surface area contributed by atoms with Crippen LogP contribution in [0.2, 0.25) is 0 Å². The first-order valence-corrected chi connectivity index (χ1v) is 12.1. The first-order chi connectivity index (χ1) is 15.1. The van der Waals surface area contributed by atoms with E-state index in [0.29, 0.717) is 17.3 Å². The molecule has 1 amide bonds. The molecule has 5 nitrogen and oxygen atoms in total. The summed E-state index contributed by atoms with van der Waals surface area (Å²) in [6.45, 7) is 9.55. The van der Waals surface area contributed by atoms with E-state index in [9.17, 15) is 13.2 Å². The third-order valence-electron chi connectivity index (χ3n) is 5.49. The predicted octanol–water partition coefficient (Wildman–Crippen LogP) is 5.57. The highest BCUT2D eigenvalue weighted by molar-refractivity contribution is 7.92. The second kappa shape index (κ2) is 9.57. The molecule has 0 radical (unpaired) electrons. The molecule has 3 aromatic carbocycles. The largest absolute Gasteiger partial charge is 0.324 e. The highest BCUT2D eigenvalue weighted by atomic mass is 32.2. The number of hydrogen-bond acceptors (Lipinski definition) is 3. The van der Waals surface area contributed by atoms with Crippen LogP contribution in [0.3, 0.4) is 0 Å². The van der Waals surface area contributed by atoms with Crippen LogP contribution in [0.25, 0.3) is 0 Å². The van der Waals surface area contributed by atoms with Crippen molar-refractivity contribution in [1.82, 2.24) is 0 Å². The van der Waals surface area contributed by atoms with Crippen molar-refractivity contribution >= 4 is 27.3 Å². The molecule has 0 fully saturated rings. The molecule has 0 heterocycles. The number of carbonyl (C=O) groups is 1. The number of sulfonamides is 1. The molecule has 0 aliphatic heterocycles. The van der Waals surface area contributed by atoms with Crippen molar-refractivity contribution in [2.75, 3.05) is 16.2 Å². The first kappa shape index (κ1) is 23.5. The summed E-state index contributed by atoms with van der Waals surface area (Å²) in [5.74, 6) is -0.0791. The molecule has 3 aromatic rings. The first-order valence-electron chi connectivity index (χ1n) is 10.6. The minimum absolute atomic E-state index is 0.149. The minimum Gasteiger partial charge on any atom is -0.324 e. The third kappa shape index (κ3) is 5.19. The van der Waals surface area contributed by atoms with Crippen LogP contribution in [-0.2, 0) is 14.8 Å². The smallest absolute Gasteiger partial charge is 0.264 e. The van der Waals surface area contributed by atoms with Crippen molar-refractivity contribution in [3.8, 4) is 0 Å². The van der Waals surface area contributed by atoms with E-state index in [1.807, 2.05) is 51.1 Å². The van der Waals surface area contributed by atoms with E-state index >= 15 is 0 Å². The Labute approximate surface area is 191 Å². The summed E-state index contributed by atoms with van der Waals surface area (Å²) in [6, 6.07) is 19.7. The van der Waals surface area contributed by atoms with E-state index in [1.54, 1.807) is 36.4 Å². The van der Waals surface area contributed by atoms with Crippen LogP contribution >= 0.6 is 0 Å². The van der Waals surface area contributed by atoms with Gasteiger partial charge >= 0.3 is 0 Å². The summed E-state index contributed by atoms with van der Waals surface area (Å²) in [7, 11) is -3.94. The van der Waals surface area contributed by atoms with Crippen molar-refractivity contribution in [3.63, 3.8) is 0 Å². The number of nitrogens with one attached hydrogen (secondary N) is 1. The van der Waals surface area contributed by atoms with Gasteiger partial charge in [-0.15, -0.1) is 0 Å². The molecule has 0 aromatic heterocycles. The van der Waals surface area contributed by atoms with Crippen molar-refractivity contribution in [2.24, 2.45) is 0 Å². The second-order valence-corrected chi connectivity index (χ2v) is 10.2. The summed E-state index contributed by atoms with van der Waals surface area (Å²) < 4.78 is 28.2. The molecule has 0 atom stereocenters. The van der Waals surface area contributed by atoms with E-state index in [1.165, 1.54) is 4.31 Å². The lowest BCUT2D eigenvalue weighted by atomic mass is 10.0. The molecule has 168 valence electrons. The number of benzene rings is 3. The number of carbonyl (C=O) groups excluding carboxylic acids is 1. The summed E-state index contributed by atoms with van der Waals surface area (Å²) in [6.07, 6.45) is 0. The van der Waals surface area contributed by atoms with Gasteiger partial charge in [0, 0.05) is 5.69 Å². The third-order valence-corrected chi connectivity index (χ3v) is 7.28. The molecule has 0 saturated carbocycles. The van der Waals surface area contributed by atoms with Crippen LogP contribution in [0, 0.1) is 20.8 Å². The van der Waals surface area contributed by atoms with Gasteiger partial charge in [-0.2, -0.15) is 0 Å². The van der Waals surface area contributed by atoms with Gasteiger partial charge in [0.15, 0.2) is 0 Å². The summed E-state index contributed by atoms with van der Waals surface area (Å²) in [5, 5.41) is 2.90. The van der Waals surface area contributed by atoms with Gasteiger partial charge < -0.3 is 5.32 Å². The van der Waals surface area contributed by atoms with E-state index in [2.05, 4.69) is 19.2 Å². The van der Waals surface area contributed by atoms with Crippen LogP contribution < -0.4 is 9.62 Å². The molecule has 0 bridgehead atoms. The van der Waals surface area contributed by atoms with Gasteiger partial charge in [-0.3, -0.25) is 9.10 Å². The van der Waals surface area contributed by atoms with E-state index in [0.717, 1.165) is 22.3 Å². The lowest BCUT2D eigenvalue weighted by molar-refractivity contribution is -0.114. The van der Waals surface area contributed by atoms with Gasteiger partial charge in [-0.05, 0) is 67.6 Å². The molecule has 0 aliphatic carbocycles. The maximum absolute atomic E-state index is 13.5. The Hall–Kier alpha value is -3.12. The molecule has 0 aliphatic rings. The minimum atomic E-state index is -3.94. The zero-order valence-corrected chi connectivity index (χ0v) is 20.0. The number of para-hydroxylation sites is 1. The van der Waals surface area contributed by atoms with Crippen LogP contribution in [-0.4, -0.2) is 20.9 Å². The fraction of sp³-hybridized carbons (Fsp3) is 0.269. The Balaban J connectivity index is 1.98. The number of nitrogens with zero attached hydrogens (tertiary/aromatic N) is 1. The number of anilines is 2. The Kier molecular flexibility index (Phi) is 7.04. The van der Waals surface area contributed by atoms with Gasteiger partial charge in [0.2, 0.25) is 5.91 Å². The Morgan fingerprint density at radius 3 is 1.97 bits per heavy atom. The zero-order chi connectivity index (χ0) is 23.5. The van der Waals surface area contributed by atoms with Gasteiger partial charge in [-0.1, -0.05) is 61.9 Å². The SMILES string of the molecule is Cc1ccc(S(=O)(=O)N(CC(=O)Nc2c(C)cccc2C)c2ccc(C(C)C)cc2)cc1. The summed E-state index contributed by atoms with van der Waals surface area (Å²) >= 11 is 0. The summed E-state index contributed by atoms with van der Waals surface area (Å²) in [5.41, 5.74) is 5.07. The molecule has 0 saturated heterocycles. The van der Waals surface area contributed by atoms with E-state index in [4.69, 9.17) is 0 Å². The van der Waals surface area contributed by atoms with Crippen molar-refractivity contribution < 1.29 is 13.2 Å². The average Bonchev–Trinajstić information content (AvgIpc) is 2.75. The molecule has 0 spiro atoms. The number of amides is 1. The number of hydrogen-bond donors (Lipinski definition) is 1. The zero-order valence-electron chi connectivity index (χ0n) is 19.2. The monoisotopic (exact) mass is 450 g/mol. The molecule has 3 rings (SSSR count). The van der Waals surface area contributed by atoms with Crippen molar-refractivity contribution in [2.45, 2.75) is 45.4 Å². The van der Waals surface area contributed by atoms with Crippen molar-refractivity contribution in [1.29, 1.82) is 0 Å². The van der Waals surface area contributed by atoms with E-state index < -0.39 is 15.9 Å². The Bertz CT molecular complexity index is 1180. The van der Waals surface area contributed by atoms with Crippen LogP contribution in [0.5, 0.6) is 0 Å². The van der Waals surface area contributed by atoms with E-state index in [-0.39, 0.29) is 11.4 Å². The lowest BCUT2D eigenvalue weighted by Crippen LogP contribution is -2.38. The van der Waals surface area contributed by atoms with Crippen molar-refractivity contribution in [3.05, 3.63) is 89.0 Å². The van der Waals surface area contributed by atoms with Gasteiger partial charge in [0.1, 0.15) is 6.54 Å². The lowest BCUT2D eigenvalue weighted by Gasteiger charge is -2.25. The second-order valence-electron chi connectivity index (χ2n) is 8.39. The quantitative estimate of drug-likeness (QED) is 0.512. The van der Waals surface area contributed by atoms with Crippen LogP contribution in [0.15, 0.2) is 71.6 Å². The topological polar surface area (TPSA) is 66.5 Å². The molecular weight excluding hydrogens is 420 g/mol. The fourth-order valence-corrected chi connectivity index (χ4v) is 4.92. The number of aryl methyl sites for hydroxylation is 3. The fourth-order valence-electron chi connectivity index (χ4n) is 3.50. The van der Waals surface area contributed by atoms with Gasteiger partial charge in [0.25, 0.3) is 10.0 Å². The summed E-state index contributed by atoms with van der Waals surface area (Å²) in [4.78, 5) is 13.1. The Morgan fingerprint density at radius 2 is 1.44 bits per heavy atom. The van der Waals surface area contributed by atoms with Gasteiger partial charge in [0.05, 0.1) is 10.6 Å². The van der Waals surface area contributed by atoms with Crippen LogP contribution in [0.1, 0.15) is 42.0 Å². The maximum atomic E-state index is 13.5. The molecule has 1 N–H and O–H groups in total. The molecular formula is C26H30N2O3S.